The normalized spacial score (nSPS) is 11.9. The van der Waals surface area contributed by atoms with E-state index in [1.807, 2.05) is 30.3 Å². The molecule has 28 heavy (non-hydrogen) atoms. The van der Waals surface area contributed by atoms with E-state index >= 15 is 0 Å². The van der Waals surface area contributed by atoms with E-state index in [2.05, 4.69) is 17.2 Å². The highest BCUT2D eigenvalue weighted by Gasteiger charge is 2.07. The summed E-state index contributed by atoms with van der Waals surface area (Å²) in [6.45, 7) is 2.58. The number of halogens is 1. The maximum atomic E-state index is 14.2. The van der Waals surface area contributed by atoms with Gasteiger partial charge in [0.15, 0.2) is 11.6 Å². The maximum Gasteiger partial charge on any atom is 0.244 e. The monoisotopic (exact) mass is 376 g/mol. The van der Waals surface area contributed by atoms with Crippen molar-refractivity contribution in [2.75, 3.05) is 6.54 Å². The summed E-state index contributed by atoms with van der Waals surface area (Å²) in [5, 5.41) is 2.86. The molecule has 0 bridgehead atoms. The van der Waals surface area contributed by atoms with Crippen molar-refractivity contribution in [1.29, 1.82) is 0 Å². The highest BCUT2D eigenvalue weighted by atomic mass is 19.1. The molecule has 0 aliphatic rings. The van der Waals surface area contributed by atoms with Crippen LogP contribution in [0.15, 0.2) is 79.1 Å². The molecule has 0 saturated carbocycles. The van der Waals surface area contributed by atoms with Crippen LogP contribution in [0.5, 0.6) is 11.5 Å². The smallest absolute Gasteiger partial charge is 0.244 e. The van der Waals surface area contributed by atoms with Crippen molar-refractivity contribution in [1.82, 2.24) is 10.3 Å². The summed E-state index contributed by atoms with van der Waals surface area (Å²) in [5.41, 5.74) is 1.74. The molecule has 1 N–H and O–H groups in total. The fourth-order valence-corrected chi connectivity index (χ4v) is 2.62. The Labute approximate surface area is 163 Å². The van der Waals surface area contributed by atoms with Crippen LogP contribution >= 0.6 is 0 Å². The van der Waals surface area contributed by atoms with Gasteiger partial charge in [0, 0.05) is 18.8 Å². The predicted octanol–water partition coefficient (Wildman–Crippen LogP) is 4.95. The SMILES string of the molecule is CC(CNC(=O)/C=C/c1ccc(Oc2cccnc2)c(F)c1)c1ccccc1. The number of rotatable bonds is 7. The van der Waals surface area contributed by atoms with Gasteiger partial charge in [-0.25, -0.2) is 4.39 Å². The molecule has 3 rings (SSSR count). The number of hydrogen-bond acceptors (Lipinski definition) is 3. The van der Waals surface area contributed by atoms with Gasteiger partial charge in [0.2, 0.25) is 5.91 Å². The third kappa shape index (κ3) is 5.51. The number of nitrogens with zero attached hydrogens (tertiary/aromatic N) is 1. The van der Waals surface area contributed by atoms with Gasteiger partial charge >= 0.3 is 0 Å². The number of amides is 1. The Morgan fingerprint density at radius 2 is 2.00 bits per heavy atom. The third-order valence-corrected chi connectivity index (χ3v) is 4.20. The molecule has 1 aromatic heterocycles. The van der Waals surface area contributed by atoms with Crippen LogP contribution in [0.3, 0.4) is 0 Å². The van der Waals surface area contributed by atoms with Crippen LogP contribution in [0.4, 0.5) is 4.39 Å². The second kappa shape index (κ2) is 9.46. The van der Waals surface area contributed by atoms with Gasteiger partial charge in [-0.3, -0.25) is 9.78 Å². The molecule has 0 fully saturated rings. The molecular formula is C23H21FN2O2. The zero-order valence-corrected chi connectivity index (χ0v) is 15.5. The summed E-state index contributed by atoms with van der Waals surface area (Å²) >= 11 is 0. The number of carbonyl (C=O) groups excluding carboxylic acids is 1. The summed E-state index contributed by atoms with van der Waals surface area (Å²) in [6.07, 6.45) is 6.09. The molecular weight excluding hydrogens is 355 g/mol. The lowest BCUT2D eigenvalue weighted by Crippen LogP contribution is -2.25. The lowest BCUT2D eigenvalue weighted by atomic mass is 10.0. The van der Waals surface area contributed by atoms with Gasteiger partial charge in [0.25, 0.3) is 0 Å². The molecule has 0 aliphatic heterocycles. The van der Waals surface area contributed by atoms with Gasteiger partial charge in [0.05, 0.1) is 6.20 Å². The first-order chi connectivity index (χ1) is 13.6. The van der Waals surface area contributed by atoms with Crippen LogP contribution < -0.4 is 10.1 Å². The van der Waals surface area contributed by atoms with Crippen LogP contribution in [0.25, 0.3) is 6.08 Å². The van der Waals surface area contributed by atoms with Crippen LogP contribution in [0.2, 0.25) is 0 Å². The number of benzene rings is 2. The zero-order valence-electron chi connectivity index (χ0n) is 15.5. The Balaban J connectivity index is 1.55. The molecule has 1 unspecified atom stereocenters. The van der Waals surface area contributed by atoms with E-state index in [1.165, 1.54) is 24.4 Å². The van der Waals surface area contributed by atoms with E-state index < -0.39 is 5.82 Å². The van der Waals surface area contributed by atoms with Crippen molar-refractivity contribution in [2.45, 2.75) is 12.8 Å². The zero-order chi connectivity index (χ0) is 19.8. The Bertz CT molecular complexity index is 943. The third-order valence-electron chi connectivity index (χ3n) is 4.20. The van der Waals surface area contributed by atoms with Gasteiger partial charge in [-0.05, 0) is 47.4 Å². The first-order valence-electron chi connectivity index (χ1n) is 9.00. The summed E-state index contributed by atoms with van der Waals surface area (Å²) in [7, 11) is 0. The molecule has 3 aromatic rings. The van der Waals surface area contributed by atoms with Gasteiger partial charge in [-0.15, -0.1) is 0 Å². The van der Waals surface area contributed by atoms with E-state index in [9.17, 15) is 9.18 Å². The minimum Gasteiger partial charge on any atom is -0.453 e. The molecule has 1 heterocycles. The molecule has 142 valence electrons. The van der Waals surface area contributed by atoms with E-state index in [4.69, 9.17) is 4.74 Å². The Hall–Kier alpha value is -3.47. The molecule has 5 heteroatoms. The lowest BCUT2D eigenvalue weighted by molar-refractivity contribution is -0.116. The highest BCUT2D eigenvalue weighted by Crippen LogP contribution is 2.24. The van der Waals surface area contributed by atoms with Gasteiger partial charge in [0.1, 0.15) is 5.75 Å². The van der Waals surface area contributed by atoms with E-state index in [-0.39, 0.29) is 17.6 Å². The van der Waals surface area contributed by atoms with Crippen molar-refractivity contribution in [3.8, 4) is 11.5 Å². The molecule has 4 nitrogen and oxygen atoms in total. The Morgan fingerprint density at radius 1 is 1.18 bits per heavy atom. The first kappa shape index (κ1) is 19.3. The standard InChI is InChI=1S/C23H21FN2O2/c1-17(19-6-3-2-4-7-19)15-26-23(27)12-10-18-9-11-22(21(24)14-18)28-20-8-5-13-25-16-20/h2-14,16-17H,15H2,1H3,(H,26,27)/b12-10+. The van der Waals surface area contributed by atoms with Crippen molar-refractivity contribution in [2.24, 2.45) is 0 Å². The van der Waals surface area contributed by atoms with Crippen molar-refractivity contribution < 1.29 is 13.9 Å². The second-order valence-electron chi connectivity index (χ2n) is 6.37. The number of aromatic nitrogens is 1. The molecule has 0 saturated heterocycles. The summed E-state index contributed by atoms with van der Waals surface area (Å²) < 4.78 is 19.7. The molecule has 0 aliphatic carbocycles. The first-order valence-corrected chi connectivity index (χ1v) is 9.00. The van der Waals surface area contributed by atoms with Crippen molar-refractivity contribution in [3.05, 3.63) is 96.1 Å². The molecule has 1 atom stereocenters. The second-order valence-corrected chi connectivity index (χ2v) is 6.37. The van der Waals surface area contributed by atoms with Gasteiger partial charge in [-0.1, -0.05) is 43.3 Å². The van der Waals surface area contributed by atoms with Crippen LogP contribution in [0, 0.1) is 5.82 Å². The summed E-state index contributed by atoms with van der Waals surface area (Å²) in [4.78, 5) is 15.9. The van der Waals surface area contributed by atoms with Crippen LogP contribution in [0.1, 0.15) is 24.0 Å². The van der Waals surface area contributed by atoms with Gasteiger partial charge < -0.3 is 10.1 Å². The number of hydrogen-bond donors (Lipinski definition) is 1. The molecule has 0 spiro atoms. The lowest BCUT2D eigenvalue weighted by Gasteiger charge is -2.11. The average molecular weight is 376 g/mol. The van der Waals surface area contributed by atoms with Crippen molar-refractivity contribution >= 4 is 12.0 Å². The van der Waals surface area contributed by atoms with Crippen LogP contribution in [-0.2, 0) is 4.79 Å². The fourth-order valence-electron chi connectivity index (χ4n) is 2.62. The maximum absolute atomic E-state index is 14.2. The number of ether oxygens (including phenoxy) is 1. The number of carbonyl (C=O) groups is 1. The fraction of sp³-hybridized carbons (Fsp3) is 0.130. The largest absolute Gasteiger partial charge is 0.453 e. The highest BCUT2D eigenvalue weighted by molar-refractivity contribution is 5.91. The number of nitrogens with one attached hydrogen (secondary N) is 1. The summed E-state index contributed by atoms with van der Waals surface area (Å²) in [6, 6.07) is 17.9. The Kier molecular flexibility index (Phi) is 6.52. The minimum atomic E-state index is -0.510. The van der Waals surface area contributed by atoms with Crippen molar-refractivity contribution in [3.63, 3.8) is 0 Å². The average Bonchev–Trinajstić information content (AvgIpc) is 2.73. The van der Waals surface area contributed by atoms with Crippen LogP contribution in [-0.4, -0.2) is 17.4 Å². The minimum absolute atomic E-state index is 0.103. The predicted molar refractivity (Wildman–Crippen MR) is 108 cm³/mol. The quantitative estimate of drug-likeness (QED) is 0.594. The molecule has 2 aromatic carbocycles. The summed E-state index contributed by atoms with van der Waals surface area (Å²) in [5.74, 6) is 0.0331. The van der Waals surface area contributed by atoms with E-state index in [0.29, 0.717) is 17.9 Å². The number of pyridine rings is 1. The van der Waals surface area contributed by atoms with E-state index in [0.717, 1.165) is 5.56 Å². The molecule has 1 amide bonds. The van der Waals surface area contributed by atoms with Gasteiger partial charge in [-0.2, -0.15) is 0 Å². The van der Waals surface area contributed by atoms with E-state index in [1.54, 1.807) is 30.5 Å². The topological polar surface area (TPSA) is 51.2 Å². The Morgan fingerprint density at radius 3 is 2.71 bits per heavy atom. The molecule has 0 radical (unpaired) electrons.